The SMILES string of the molecule is CC1(C)NC(=O)N(CCCC(=O)Nc2ccccc2CC(=O)O)C1=O. The monoisotopic (exact) mass is 347 g/mol. The molecular weight excluding hydrogens is 326 g/mol. The molecule has 1 saturated heterocycles. The van der Waals surface area contributed by atoms with Gasteiger partial charge in [0.1, 0.15) is 5.54 Å². The van der Waals surface area contributed by atoms with E-state index in [4.69, 9.17) is 5.11 Å². The molecule has 134 valence electrons. The van der Waals surface area contributed by atoms with Crippen LogP contribution in [0.1, 0.15) is 32.3 Å². The summed E-state index contributed by atoms with van der Waals surface area (Å²) in [5.74, 6) is -1.60. The van der Waals surface area contributed by atoms with Crippen molar-refractivity contribution in [1.82, 2.24) is 10.2 Å². The van der Waals surface area contributed by atoms with Gasteiger partial charge in [-0.25, -0.2) is 4.79 Å². The lowest BCUT2D eigenvalue weighted by Gasteiger charge is -2.16. The van der Waals surface area contributed by atoms with Crippen molar-refractivity contribution < 1.29 is 24.3 Å². The summed E-state index contributed by atoms with van der Waals surface area (Å²) >= 11 is 0. The molecule has 1 aromatic carbocycles. The van der Waals surface area contributed by atoms with E-state index in [1.165, 1.54) is 0 Å². The molecule has 1 aromatic rings. The third-order valence-corrected chi connectivity index (χ3v) is 3.86. The summed E-state index contributed by atoms with van der Waals surface area (Å²) in [6, 6.07) is 6.22. The van der Waals surface area contributed by atoms with Gasteiger partial charge in [0, 0.05) is 18.7 Å². The van der Waals surface area contributed by atoms with E-state index in [1.54, 1.807) is 38.1 Å². The standard InChI is InChI=1S/C17H21N3O5/c1-17(2)15(24)20(16(25)19-17)9-5-8-13(21)18-12-7-4-3-6-11(12)10-14(22)23/h3-4,6-7H,5,8-10H2,1-2H3,(H,18,21)(H,19,25)(H,22,23). The molecule has 1 fully saturated rings. The minimum absolute atomic E-state index is 0.110. The van der Waals surface area contributed by atoms with E-state index in [1.807, 2.05) is 0 Å². The van der Waals surface area contributed by atoms with Crippen LogP contribution in [0.5, 0.6) is 0 Å². The molecule has 0 bridgehead atoms. The average molecular weight is 347 g/mol. The second-order valence-corrected chi connectivity index (χ2v) is 6.39. The summed E-state index contributed by atoms with van der Waals surface area (Å²) < 4.78 is 0. The molecule has 0 aromatic heterocycles. The number of carbonyl (C=O) groups excluding carboxylic acids is 3. The van der Waals surface area contributed by atoms with Crippen molar-refractivity contribution in [3.05, 3.63) is 29.8 Å². The summed E-state index contributed by atoms with van der Waals surface area (Å²) in [5, 5.41) is 14.1. The summed E-state index contributed by atoms with van der Waals surface area (Å²) in [7, 11) is 0. The van der Waals surface area contributed by atoms with Crippen LogP contribution < -0.4 is 10.6 Å². The van der Waals surface area contributed by atoms with Crippen LogP contribution in [0.4, 0.5) is 10.5 Å². The lowest BCUT2D eigenvalue weighted by atomic mass is 10.1. The molecule has 25 heavy (non-hydrogen) atoms. The van der Waals surface area contributed by atoms with Gasteiger partial charge in [0.15, 0.2) is 0 Å². The maximum Gasteiger partial charge on any atom is 0.325 e. The number of benzene rings is 1. The van der Waals surface area contributed by atoms with Gasteiger partial charge in [0.2, 0.25) is 5.91 Å². The highest BCUT2D eigenvalue weighted by atomic mass is 16.4. The molecule has 1 aliphatic rings. The Morgan fingerprint density at radius 3 is 2.52 bits per heavy atom. The average Bonchev–Trinajstić information content (AvgIpc) is 2.70. The fourth-order valence-corrected chi connectivity index (χ4v) is 2.59. The Bertz CT molecular complexity index is 714. The molecule has 0 saturated carbocycles. The predicted octanol–water partition coefficient (Wildman–Crippen LogP) is 1.36. The Morgan fingerprint density at radius 1 is 1.24 bits per heavy atom. The first-order valence-corrected chi connectivity index (χ1v) is 7.94. The van der Waals surface area contributed by atoms with Crippen molar-refractivity contribution >= 4 is 29.5 Å². The zero-order valence-electron chi connectivity index (χ0n) is 14.2. The number of urea groups is 1. The number of hydrogen-bond donors (Lipinski definition) is 3. The molecule has 4 amide bonds. The maximum absolute atomic E-state index is 12.1. The van der Waals surface area contributed by atoms with Crippen LogP contribution in [0, 0.1) is 0 Å². The molecule has 1 aliphatic heterocycles. The second kappa shape index (κ2) is 7.33. The number of amides is 4. The van der Waals surface area contributed by atoms with E-state index in [2.05, 4.69) is 10.6 Å². The third kappa shape index (κ3) is 4.56. The van der Waals surface area contributed by atoms with E-state index >= 15 is 0 Å². The number of nitrogens with one attached hydrogen (secondary N) is 2. The van der Waals surface area contributed by atoms with Crippen LogP contribution in [-0.4, -0.2) is 45.9 Å². The number of nitrogens with zero attached hydrogens (tertiary/aromatic N) is 1. The van der Waals surface area contributed by atoms with Crippen molar-refractivity contribution in [1.29, 1.82) is 0 Å². The molecular formula is C17H21N3O5. The Kier molecular flexibility index (Phi) is 5.41. The number of imide groups is 1. The van der Waals surface area contributed by atoms with E-state index in [9.17, 15) is 19.2 Å². The number of aliphatic carboxylic acids is 1. The summed E-state index contributed by atoms with van der Waals surface area (Å²) in [5.41, 5.74) is 0.0417. The van der Waals surface area contributed by atoms with E-state index in [-0.39, 0.29) is 31.2 Å². The summed E-state index contributed by atoms with van der Waals surface area (Å²) in [4.78, 5) is 47.8. The molecule has 0 atom stereocenters. The van der Waals surface area contributed by atoms with Crippen LogP contribution in [0.3, 0.4) is 0 Å². The first-order chi connectivity index (χ1) is 11.7. The van der Waals surface area contributed by atoms with Crippen LogP contribution in [0.2, 0.25) is 0 Å². The van der Waals surface area contributed by atoms with Crippen LogP contribution >= 0.6 is 0 Å². The van der Waals surface area contributed by atoms with Crippen molar-refractivity contribution in [3.63, 3.8) is 0 Å². The highest BCUT2D eigenvalue weighted by Crippen LogP contribution is 2.18. The number of anilines is 1. The number of para-hydroxylation sites is 1. The molecule has 0 unspecified atom stereocenters. The summed E-state index contributed by atoms with van der Waals surface area (Å²) in [6.07, 6.45) is 0.245. The Balaban J connectivity index is 1.87. The fraction of sp³-hybridized carbons (Fsp3) is 0.412. The Morgan fingerprint density at radius 2 is 1.92 bits per heavy atom. The molecule has 0 aliphatic carbocycles. The van der Waals surface area contributed by atoms with Crippen LogP contribution in [0.25, 0.3) is 0 Å². The number of rotatable bonds is 7. The lowest BCUT2D eigenvalue weighted by Crippen LogP contribution is -2.40. The van der Waals surface area contributed by atoms with E-state index < -0.39 is 17.5 Å². The fourth-order valence-electron chi connectivity index (χ4n) is 2.59. The van der Waals surface area contributed by atoms with Crippen molar-refractivity contribution in [3.8, 4) is 0 Å². The molecule has 2 rings (SSSR count). The number of carboxylic acid groups (broad SMARTS) is 1. The van der Waals surface area contributed by atoms with Gasteiger partial charge in [-0.05, 0) is 31.9 Å². The molecule has 8 nitrogen and oxygen atoms in total. The second-order valence-electron chi connectivity index (χ2n) is 6.39. The largest absolute Gasteiger partial charge is 0.481 e. The van der Waals surface area contributed by atoms with E-state index in [0.29, 0.717) is 17.7 Å². The van der Waals surface area contributed by atoms with Crippen LogP contribution in [-0.2, 0) is 20.8 Å². The van der Waals surface area contributed by atoms with Crippen molar-refractivity contribution in [2.45, 2.75) is 38.6 Å². The van der Waals surface area contributed by atoms with Gasteiger partial charge in [0.25, 0.3) is 5.91 Å². The molecule has 0 radical (unpaired) electrons. The number of hydrogen-bond acceptors (Lipinski definition) is 4. The first kappa shape index (κ1) is 18.4. The van der Waals surface area contributed by atoms with Crippen molar-refractivity contribution in [2.24, 2.45) is 0 Å². The predicted molar refractivity (Wildman–Crippen MR) is 90.0 cm³/mol. The van der Waals surface area contributed by atoms with Gasteiger partial charge in [-0.2, -0.15) is 0 Å². The number of carboxylic acids is 1. The minimum atomic E-state index is -0.983. The number of carbonyl (C=O) groups is 4. The van der Waals surface area contributed by atoms with Gasteiger partial charge in [-0.3, -0.25) is 19.3 Å². The quantitative estimate of drug-likeness (QED) is 0.644. The van der Waals surface area contributed by atoms with Gasteiger partial charge < -0.3 is 15.7 Å². The minimum Gasteiger partial charge on any atom is -0.481 e. The molecule has 8 heteroatoms. The Hall–Kier alpha value is -2.90. The van der Waals surface area contributed by atoms with Crippen molar-refractivity contribution in [2.75, 3.05) is 11.9 Å². The van der Waals surface area contributed by atoms with Gasteiger partial charge in [-0.15, -0.1) is 0 Å². The smallest absolute Gasteiger partial charge is 0.325 e. The van der Waals surface area contributed by atoms with E-state index in [0.717, 1.165) is 4.90 Å². The summed E-state index contributed by atoms with van der Waals surface area (Å²) in [6.45, 7) is 3.40. The van der Waals surface area contributed by atoms with Crippen LogP contribution in [0.15, 0.2) is 24.3 Å². The van der Waals surface area contributed by atoms with Gasteiger partial charge >= 0.3 is 12.0 Å². The third-order valence-electron chi connectivity index (χ3n) is 3.86. The normalized spacial score (nSPS) is 15.8. The molecule has 1 heterocycles. The zero-order valence-corrected chi connectivity index (χ0v) is 14.2. The zero-order chi connectivity index (χ0) is 18.6. The molecule has 0 spiro atoms. The first-order valence-electron chi connectivity index (χ1n) is 7.94. The molecule has 3 N–H and O–H groups in total. The van der Waals surface area contributed by atoms with Gasteiger partial charge in [0.05, 0.1) is 6.42 Å². The Labute approximate surface area is 145 Å². The highest BCUT2D eigenvalue weighted by molar-refractivity contribution is 6.06. The lowest BCUT2D eigenvalue weighted by molar-refractivity contribution is -0.136. The van der Waals surface area contributed by atoms with Gasteiger partial charge in [-0.1, -0.05) is 18.2 Å². The highest BCUT2D eigenvalue weighted by Gasteiger charge is 2.43. The topological polar surface area (TPSA) is 116 Å². The maximum atomic E-state index is 12.1.